The Kier molecular flexibility index (Phi) is 5.25. The Hall–Kier alpha value is -2.36. The van der Waals surface area contributed by atoms with Crippen LogP contribution in [-0.4, -0.2) is 19.8 Å². The summed E-state index contributed by atoms with van der Waals surface area (Å²) in [4.78, 5) is 0. The van der Waals surface area contributed by atoms with Crippen LogP contribution >= 0.6 is 0 Å². The fraction of sp³-hybridized carbons (Fsp3) is 0.368. The van der Waals surface area contributed by atoms with Crippen LogP contribution in [-0.2, 0) is 6.54 Å². The van der Waals surface area contributed by atoms with Crippen molar-refractivity contribution in [2.75, 3.05) is 25.1 Å². The first-order valence-corrected chi connectivity index (χ1v) is 8.20. The Morgan fingerprint density at radius 2 is 1.91 bits per heavy atom. The third-order valence-corrected chi connectivity index (χ3v) is 3.70. The Balaban J connectivity index is 1.58. The number of benzene rings is 2. The van der Waals surface area contributed by atoms with E-state index < -0.39 is 0 Å². The molecule has 0 spiro atoms. The molecule has 2 aromatic rings. The summed E-state index contributed by atoms with van der Waals surface area (Å²) in [5.74, 6) is 2.55. The molecular formula is C19H23NO3. The maximum Gasteiger partial charge on any atom is 0.163 e. The zero-order valence-electron chi connectivity index (χ0n) is 13.5. The quantitative estimate of drug-likeness (QED) is 0.776. The summed E-state index contributed by atoms with van der Waals surface area (Å²) in [6, 6.07) is 14.1. The molecule has 0 aromatic heterocycles. The van der Waals surface area contributed by atoms with Gasteiger partial charge >= 0.3 is 0 Å². The van der Waals surface area contributed by atoms with E-state index in [0.717, 1.165) is 48.9 Å². The molecule has 0 radical (unpaired) electrons. The zero-order chi connectivity index (χ0) is 15.9. The lowest BCUT2D eigenvalue weighted by atomic mass is 10.2. The van der Waals surface area contributed by atoms with E-state index in [-0.39, 0.29) is 0 Å². The van der Waals surface area contributed by atoms with Crippen molar-refractivity contribution in [1.82, 2.24) is 0 Å². The van der Waals surface area contributed by atoms with Crippen molar-refractivity contribution in [3.05, 3.63) is 48.0 Å². The van der Waals surface area contributed by atoms with Gasteiger partial charge in [0.05, 0.1) is 6.61 Å². The zero-order valence-corrected chi connectivity index (χ0v) is 13.5. The summed E-state index contributed by atoms with van der Waals surface area (Å²) in [6.45, 7) is 4.90. The van der Waals surface area contributed by atoms with Crippen LogP contribution in [0.1, 0.15) is 25.3 Å². The second-order valence-corrected chi connectivity index (χ2v) is 5.56. The van der Waals surface area contributed by atoms with Gasteiger partial charge in [-0.3, -0.25) is 0 Å². The highest BCUT2D eigenvalue weighted by atomic mass is 16.6. The fourth-order valence-electron chi connectivity index (χ4n) is 2.44. The van der Waals surface area contributed by atoms with Crippen molar-refractivity contribution in [1.29, 1.82) is 0 Å². The van der Waals surface area contributed by atoms with E-state index in [1.54, 1.807) is 0 Å². The number of ether oxygens (including phenoxy) is 3. The summed E-state index contributed by atoms with van der Waals surface area (Å²) in [6.07, 6.45) is 2.23. The highest BCUT2D eigenvalue weighted by molar-refractivity contribution is 5.55. The van der Waals surface area contributed by atoms with Gasteiger partial charge in [0.25, 0.3) is 0 Å². The van der Waals surface area contributed by atoms with Crippen LogP contribution in [0.25, 0.3) is 0 Å². The van der Waals surface area contributed by atoms with Gasteiger partial charge in [0.2, 0.25) is 0 Å². The van der Waals surface area contributed by atoms with E-state index in [0.29, 0.717) is 13.2 Å². The van der Waals surface area contributed by atoms with Crippen molar-refractivity contribution in [2.45, 2.75) is 26.3 Å². The second-order valence-electron chi connectivity index (χ2n) is 5.56. The van der Waals surface area contributed by atoms with Gasteiger partial charge in [0.15, 0.2) is 11.5 Å². The van der Waals surface area contributed by atoms with E-state index >= 15 is 0 Å². The largest absolute Gasteiger partial charge is 0.494 e. The van der Waals surface area contributed by atoms with Crippen LogP contribution in [0.4, 0.5) is 5.69 Å². The molecule has 23 heavy (non-hydrogen) atoms. The molecule has 0 bridgehead atoms. The lowest BCUT2D eigenvalue weighted by Crippen LogP contribution is -2.15. The molecule has 1 aliphatic heterocycles. The summed E-state index contributed by atoms with van der Waals surface area (Å²) in [7, 11) is 0. The Morgan fingerprint density at radius 3 is 2.78 bits per heavy atom. The van der Waals surface area contributed by atoms with Crippen molar-refractivity contribution in [3.8, 4) is 17.2 Å². The van der Waals surface area contributed by atoms with Crippen molar-refractivity contribution >= 4 is 5.69 Å². The Bertz CT molecular complexity index is 642. The van der Waals surface area contributed by atoms with Crippen LogP contribution in [0, 0.1) is 0 Å². The minimum atomic E-state index is 0.605. The van der Waals surface area contributed by atoms with Crippen molar-refractivity contribution in [3.63, 3.8) is 0 Å². The second kappa shape index (κ2) is 7.77. The highest BCUT2D eigenvalue weighted by Crippen LogP contribution is 2.32. The fourth-order valence-corrected chi connectivity index (χ4v) is 2.44. The molecule has 2 aromatic carbocycles. The van der Waals surface area contributed by atoms with Crippen LogP contribution < -0.4 is 19.5 Å². The standard InChI is InChI=1S/C19H23NO3/c1-2-3-9-21-17-6-4-5-15(12-17)14-20-16-7-8-18-19(13-16)23-11-10-22-18/h4-8,12-13,20H,2-3,9-11,14H2,1H3. The van der Waals surface area contributed by atoms with Crippen LogP contribution in [0.3, 0.4) is 0 Å². The Morgan fingerprint density at radius 1 is 1.04 bits per heavy atom. The average Bonchev–Trinajstić information content (AvgIpc) is 2.60. The van der Waals surface area contributed by atoms with Gasteiger partial charge in [0.1, 0.15) is 19.0 Å². The average molecular weight is 313 g/mol. The SMILES string of the molecule is CCCCOc1cccc(CNc2ccc3c(c2)OCCO3)c1. The van der Waals surface area contributed by atoms with Gasteiger partial charge in [-0.1, -0.05) is 25.5 Å². The van der Waals surface area contributed by atoms with Gasteiger partial charge in [-0.15, -0.1) is 0 Å². The molecule has 0 unspecified atom stereocenters. The van der Waals surface area contributed by atoms with E-state index in [9.17, 15) is 0 Å². The molecule has 0 saturated heterocycles. The maximum absolute atomic E-state index is 5.75. The predicted molar refractivity (Wildman–Crippen MR) is 91.6 cm³/mol. The molecule has 3 rings (SSSR count). The smallest absolute Gasteiger partial charge is 0.163 e. The molecule has 0 aliphatic carbocycles. The molecule has 1 N–H and O–H groups in total. The molecule has 1 heterocycles. The van der Waals surface area contributed by atoms with E-state index in [2.05, 4.69) is 24.4 Å². The monoisotopic (exact) mass is 313 g/mol. The number of nitrogens with one attached hydrogen (secondary N) is 1. The first-order valence-electron chi connectivity index (χ1n) is 8.20. The number of unbranched alkanes of at least 4 members (excludes halogenated alkanes) is 1. The first-order chi connectivity index (χ1) is 11.3. The van der Waals surface area contributed by atoms with Crippen LogP contribution in [0.5, 0.6) is 17.2 Å². The van der Waals surface area contributed by atoms with Crippen LogP contribution in [0.15, 0.2) is 42.5 Å². The van der Waals surface area contributed by atoms with Crippen LogP contribution in [0.2, 0.25) is 0 Å². The van der Waals surface area contributed by atoms with Gasteiger partial charge in [-0.05, 0) is 36.2 Å². The molecule has 0 saturated carbocycles. The van der Waals surface area contributed by atoms with E-state index in [1.165, 1.54) is 5.56 Å². The highest BCUT2D eigenvalue weighted by Gasteiger charge is 2.11. The number of rotatable bonds is 7. The Labute approximate surface area is 137 Å². The summed E-state index contributed by atoms with van der Waals surface area (Å²) < 4.78 is 16.9. The molecule has 0 atom stereocenters. The lowest BCUT2D eigenvalue weighted by Gasteiger charge is -2.19. The maximum atomic E-state index is 5.75. The third kappa shape index (κ3) is 4.31. The molecular weight excluding hydrogens is 290 g/mol. The molecule has 4 nitrogen and oxygen atoms in total. The lowest BCUT2D eigenvalue weighted by molar-refractivity contribution is 0.171. The number of fused-ring (bicyclic) bond motifs is 1. The normalized spacial score (nSPS) is 12.7. The number of hydrogen-bond donors (Lipinski definition) is 1. The van der Waals surface area contributed by atoms with E-state index in [4.69, 9.17) is 14.2 Å². The topological polar surface area (TPSA) is 39.7 Å². The summed E-state index contributed by atoms with van der Waals surface area (Å²) >= 11 is 0. The van der Waals surface area contributed by atoms with Gasteiger partial charge in [-0.25, -0.2) is 0 Å². The first kappa shape index (κ1) is 15.5. The molecule has 1 aliphatic rings. The summed E-state index contributed by atoms with van der Waals surface area (Å²) in [5.41, 5.74) is 2.21. The number of hydrogen-bond acceptors (Lipinski definition) is 4. The van der Waals surface area contributed by atoms with Crippen molar-refractivity contribution in [2.24, 2.45) is 0 Å². The van der Waals surface area contributed by atoms with Gasteiger partial charge < -0.3 is 19.5 Å². The minimum Gasteiger partial charge on any atom is -0.494 e. The van der Waals surface area contributed by atoms with Crippen molar-refractivity contribution < 1.29 is 14.2 Å². The molecule has 0 amide bonds. The van der Waals surface area contributed by atoms with Gasteiger partial charge in [-0.2, -0.15) is 0 Å². The minimum absolute atomic E-state index is 0.605. The third-order valence-electron chi connectivity index (χ3n) is 3.70. The molecule has 4 heteroatoms. The predicted octanol–water partition coefficient (Wildman–Crippen LogP) is 4.25. The molecule has 0 fully saturated rings. The molecule has 122 valence electrons. The van der Waals surface area contributed by atoms with Gasteiger partial charge in [0, 0.05) is 18.3 Å². The summed E-state index contributed by atoms with van der Waals surface area (Å²) in [5, 5.41) is 3.41. The number of anilines is 1. The van der Waals surface area contributed by atoms with E-state index in [1.807, 2.05) is 30.3 Å².